The molecule has 0 radical (unpaired) electrons. The maximum absolute atomic E-state index is 4.60. The number of benzene rings is 3. The second kappa shape index (κ2) is 17.9. The van der Waals surface area contributed by atoms with Gasteiger partial charge >= 0.3 is 0 Å². The second-order valence-corrected chi connectivity index (χ2v) is 19.7. The van der Waals surface area contributed by atoms with Crippen LogP contribution in [-0.2, 0) is 10.8 Å². The highest BCUT2D eigenvalue weighted by atomic mass is 127. The minimum Gasteiger partial charge on any atom is -0.344 e. The number of anilines is 1. The van der Waals surface area contributed by atoms with Crippen LogP contribution >= 0.6 is 56.9 Å². The fourth-order valence-electron chi connectivity index (χ4n) is 8.59. The Morgan fingerprint density at radius 1 is 0.804 bits per heavy atom. The molecule has 0 amide bonds. The average Bonchev–Trinajstić information content (AvgIpc) is 3.79. The number of halogens is 2. The Balaban J connectivity index is 1.34. The molecule has 2 aliphatic heterocycles. The first kappa shape index (κ1) is 41.1. The van der Waals surface area contributed by atoms with Crippen molar-refractivity contribution in [2.75, 3.05) is 18.0 Å². The largest absolute Gasteiger partial charge is 0.344 e. The van der Waals surface area contributed by atoms with E-state index >= 15 is 0 Å². The van der Waals surface area contributed by atoms with E-state index in [4.69, 9.17) is 0 Å². The summed E-state index contributed by atoms with van der Waals surface area (Å²) >= 11 is 6.63. The number of allylic oxidation sites excluding steroid dienone is 7. The smallest absolute Gasteiger partial charge is 0.218 e. The van der Waals surface area contributed by atoms with Gasteiger partial charge in [-0.2, -0.15) is 9.26 Å². The van der Waals surface area contributed by atoms with Crippen LogP contribution in [0.15, 0.2) is 118 Å². The first-order valence-corrected chi connectivity index (χ1v) is 23.4. The quantitative estimate of drug-likeness (QED) is 0.0716. The van der Waals surface area contributed by atoms with Crippen molar-refractivity contribution >= 4 is 74.0 Å². The molecule has 1 aromatic heterocycles. The van der Waals surface area contributed by atoms with Gasteiger partial charge in [0.15, 0.2) is 5.71 Å². The summed E-state index contributed by atoms with van der Waals surface area (Å²) in [6.45, 7) is 16.2. The van der Waals surface area contributed by atoms with Crippen LogP contribution in [0.25, 0.3) is 5.69 Å². The molecule has 0 N–H and O–H groups in total. The fraction of sp³-hybridized carbons (Fsp3) is 0.404. The van der Waals surface area contributed by atoms with Gasteiger partial charge in [-0.05, 0) is 179 Å². The molecule has 3 aromatic carbocycles. The van der Waals surface area contributed by atoms with Gasteiger partial charge in [0, 0.05) is 59.5 Å². The van der Waals surface area contributed by atoms with Gasteiger partial charge in [0.2, 0.25) is 10.8 Å². The minimum atomic E-state index is -0.107. The predicted molar refractivity (Wildman–Crippen MR) is 252 cm³/mol. The van der Waals surface area contributed by atoms with Gasteiger partial charge in [-0.3, -0.25) is 0 Å². The lowest BCUT2D eigenvalue weighted by atomic mass is 9.81. The molecule has 292 valence electrons. The number of hydrogen-bond acceptors (Lipinski definition) is 5. The molecular formula is C47H55I2N6S+. The number of thioether (sulfide) groups is 1. The van der Waals surface area contributed by atoms with E-state index in [0.717, 1.165) is 43.2 Å². The van der Waals surface area contributed by atoms with E-state index in [0.29, 0.717) is 0 Å². The summed E-state index contributed by atoms with van der Waals surface area (Å²) in [7, 11) is 0. The molecule has 0 saturated carbocycles. The third-order valence-electron chi connectivity index (χ3n) is 11.7. The van der Waals surface area contributed by atoms with Gasteiger partial charge < -0.3 is 4.90 Å². The van der Waals surface area contributed by atoms with Crippen LogP contribution in [0.1, 0.15) is 110 Å². The molecule has 56 heavy (non-hydrogen) atoms. The highest BCUT2D eigenvalue weighted by molar-refractivity contribution is 14.1. The zero-order valence-corrected chi connectivity index (χ0v) is 38.9. The normalized spacial score (nSPS) is 18.9. The Morgan fingerprint density at radius 3 is 2.30 bits per heavy atom. The molecule has 0 saturated heterocycles. The minimum absolute atomic E-state index is 0.107. The number of para-hydroxylation sites is 1. The Morgan fingerprint density at radius 2 is 1.54 bits per heavy atom. The van der Waals surface area contributed by atoms with E-state index in [1.165, 1.54) is 95.6 Å². The molecule has 0 atom stereocenters. The van der Waals surface area contributed by atoms with Crippen molar-refractivity contribution in [3.05, 3.63) is 131 Å². The molecule has 0 fully saturated rings. The first-order chi connectivity index (χ1) is 27.0. The van der Waals surface area contributed by atoms with Crippen molar-refractivity contribution in [3.63, 3.8) is 0 Å². The Hall–Kier alpha value is -3.03. The van der Waals surface area contributed by atoms with Gasteiger partial charge in [-0.15, -0.1) is 5.10 Å². The van der Waals surface area contributed by atoms with Crippen LogP contribution < -0.4 is 4.90 Å². The van der Waals surface area contributed by atoms with E-state index in [1.54, 1.807) is 11.8 Å². The summed E-state index contributed by atoms with van der Waals surface area (Å²) in [5.74, 6) is 0. The lowest BCUT2D eigenvalue weighted by molar-refractivity contribution is -0.438. The molecule has 3 heterocycles. The molecule has 3 aliphatic rings. The third kappa shape index (κ3) is 8.42. The average molecular weight is 990 g/mol. The SMILES string of the molecule is CCCCCN1/C(=C/C=C2\CCCC(/C=C/C3=[N+](CCCCC)c4ccc(I)cc4C3(C)C)=C2Sc2nnnn2-c2ccccc2)C(C)(C)c2cc(I)ccc21. The fourth-order valence-corrected chi connectivity index (χ4v) is 10.7. The summed E-state index contributed by atoms with van der Waals surface area (Å²) in [4.78, 5) is 3.86. The number of unbranched alkanes of at least 4 members (excludes halogenated alkanes) is 4. The van der Waals surface area contributed by atoms with Crippen LogP contribution in [0, 0.1) is 7.14 Å². The van der Waals surface area contributed by atoms with E-state index in [2.05, 4.69) is 185 Å². The zero-order valence-electron chi connectivity index (χ0n) is 33.8. The number of aromatic nitrogens is 4. The molecule has 1 aliphatic carbocycles. The standard InChI is InChI=1S/C47H55I2N6S/c1-7-9-14-29-53-40-25-23-35(48)31-38(40)46(3,4)42(53)27-21-33-17-16-18-34(44(33)56-45-50-51-52-55(45)37-19-12-11-13-20-37)22-28-43-47(5,6)39-32-36(49)24-26-41(39)54(43)30-15-10-8-2/h11-13,19-28,31-32H,7-10,14-18,29-30H2,1-6H3/q+1. The Kier molecular flexibility index (Phi) is 13.1. The lowest BCUT2D eigenvalue weighted by Gasteiger charge is -2.27. The number of fused-ring (bicyclic) bond motifs is 2. The van der Waals surface area contributed by atoms with Gasteiger partial charge in [0.25, 0.3) is 0 Å². The Labute approximate surface area is 366 Å². The van der Waals surface area contributed by atoms with Crippen LogP contribution in [-0.4, -0.2) is 43.6 Å². The zero-order chi connectivity index (χ0) is 39.5. The van der Waals surface area contributed by atoms with E-state index in [-0.39, 0.29) is 10.8 Å². The van der Waals surface area contributed by atoms with Crippen molar-refractivity contribution < 1.29 is 4.58 Å². The lowest BCUT2D eigenvalue weighted by Crippen LogP contribution is -2.28. The van der Waals surface area contributed by atoms with Crippen molar-refractivity contribution in [2.24, 2.45) is 0 Å². The van der Waals surface area contributed by atoms with Crippen molar-refractivity contribution in [1.29, 1.82) is 0 Å². The number of tetrazole rings is 1. The van der Waals surface area contributed by atoms with Crippen LogP contribution in [0.5, 0.6) is 0 Å². The van der Waals surface area contributed by atoms with E-state index in [1.807, 2.05) is 22.9 Å². The summed E-state index contributed by atoms with van der Waals surface area (Å²) in [6.07, 6.45) is 20.1. The molecule has 0 unspecified atom stereocenters. The number of hydrogen-bond donors (Lipinski definition) is 0. The molecule has 0 bridgehead atoms. The van der Waals surface area contributed by atoms with Crippen molar-refractivity contribution in [3.8, 4) is 5.69 Å². The molecule has 9 heteroatoms. The van der Waals surface area contributed by atoms with Crippen LogP contribution in [0.2, 0.25) is 0 Å². The maximum atomic E-state index is 4.60. The van der Waals surface area contributed by atoms with Crippen molar-refractivity contribution in [1.82, 2.24) is 20.2 Å². The van der Waals surface area contributed by atoms with E-state index < -0.39 is 0 Å². The predicted octanol–water partition coefficient (Wildman–Crippen LogP) is 13.0. The topological polar surface area (TPSA) is 49.9 Å². The molecule has 4 aromatic rings. The van der Waals surface area contributed by atoms with Crippen molar-refractivity contribution in [2.45, 2.75) is 115 Å². The maximum Gasteiger partial charge on any atom is 0.218 e. The molecule has 6 nitrogen and oxygen atoms in total. The van der Waals surface area contributed by atoms with Gasteiger partial charge in [-0.25, -0.2) is 0 Å². The summed E-state index contributed by atoms with van der Waals surface area (Å²) in [6, 6.07) is 24.2. The summed E-state index contributed by atoms with van der Waals surface area (Å²) in [5.41, 5.74) is 11.7. The van der Waals surface area contributed by atoms with Crippen LogP contribution in [0.3, 0.4) is 0 Å². The summed E-state index contributed by atoms with van der Waals surface area (Å²) < 4.78 is 7.04. The molecule has 7 rings (SSSR count). The first-order valence-electron chi connectivity index (χ1n) is 20.4. The molecule has 0 spiro atoms. The van der Waals surface area contributed by atoms with E-state index in [9.17, 15) is 0 Å². The van der Waals surface area contributed by atoms with Gasteiger partial charge in [-0.1, -0.05) is 77.3 Å². The number of rotatable bonds is 14. The van der Waals surface area contributed by atoms with Gasteiger partial charge in [0.05, 0.1) is 11.1 Å². The Bertz CT molecular complexity index is 2230. The number of nitrogens with zero attached hydrogens (tertiary/aromatic N) is 6. The van der Waals surface area contributed by atoms with Gasteiger partial charge in [0.1, 0.15) is 6.54 Å². The highest BCUT2D eigenvalue weighted by Crippen LogP contribution is 2.49. The monoisotopic (exact) mass is 989 g/mol. The summed E-state index contributed by atoms with van der Waals surface area (Å²) in [5, 5.41) is 14.0. The highest BCUT2D eigenvalue weighted by Gasteiger charge is 2.44. The molecular weight excluding hydrogens is 934 g/mol. The third-order valence-corrected chi connectivity index (χ3v) is 14.2. The second-order valence-electron chi connectivity index (χ2n) is 16.3. The van der Waals surface area contributed by atoms with Crippen LogP contribution in [0.4, 0.5) is 11.4 Å².